The first kappa shape index (κ1) is 20.3. The normalized spacial score (nSPS) is 13.1. The van der Waals surface area contributed by atoms with Crippen molar-refractivity contribution in [1.29, 1.82) is 0 Å². The molecular weight excluding hydrogens is 388 g/mol. The molecule has 10 heteroatoms. The summed E-state index contributed by atoms with van der Waals surface area (Å²) in [5.74, 6) is 0.0444. The second-order valence-electron chi connectivity index (χ2n) is 6.46. The topological polar surface area (TPSA) is 93.9 Å². The molecule has 0 unspecified atom stereocenters. The first-order valence-electron chi connectivity index (χ1n) is 8.81. The van der Waals surface area contributed by atoms with Crippen molar-refractivity contribution in [2.24, 2.45) is 0 Å². The van der Waals surface area contributed by atoms with Gasteiger partial charge >= 0.3 is 12.6 Å². The van der Waals surface area contributed by atoms with Gasteiger partial charge in [-0.1, -0.05) is 12.1 Å². The minimum atomic E-state index is -2.97. The average molecular weight is 407 g/mol. The second kappa shape index (κ2) is 8.72. The molecule has 1 aliphatic rings. The number of urea groups is 1. The van der Waals surface area contributed by atoms with E-state index in [9.17, 15) is 23.7 Å². The first-order valence-corrected chi connectivity index (χ1v) is 8.81. The van der Waals surface area contributed by atoms with Crippen LogP contribution in [-0.4, -0.2) is 35.6 Å². The van der Waals surface area contributed by atoms with Gasteiger partial charge in [0.25, 0.3) is 5.69 Å². The van der Waals surface area contributed by atoms with E-state index in [0.717, 1.165) is 12.8 Å². The van der Waals surface area contributed by atoms with E-state index in [-0.39, 0.29) is 29.8 Å². The first-order chi connectivity index (χ1) is 13.9. The number of carbonyl (C=O) groups excluding carboxylic acids is 1. The van der Waals surface area contributed by atoms with Crippen molar-refractivity contribution < 1.29 is 28.0 Å². The molecule has 2 amide bonds. The van der Waals surface area contributed by atoms with Gasteiger partial charge in [-0.15, -0.1) is 0 Å². The van der Waals surface area contributed by atoms with Crippen molar-refractivity contribution in [2.75, 3.05) is 12.4 Å². The van der Waals surface area contributed by atoms with Gasteiger partial charge in [-0.2, -0.15) is 8.78 Å². The molecule has 2 aromatic carbocycles. The zero-order valence-corrected chi connectivity index (χ0v) is 15.5. The lowest BCUT2D eigenvalue weighted by Gasteiger charge is -2.23. The molecular formula is C19H19F2N3O5. The van der Waals surface area contributed by atoms with Crippen LogP contribution in [0.15, 0.2) is 42.5 Å². The monoisotopic (exact) mass is 407 g/mol. The van der Waals surface area contributed by atoms with Crippen LogP contribution in [0, 0.1) is 10.1 Å². The molecule has 8 nitrogen and oxygen atoms in total. The Kier molecular flexibility index (Phi) is 6.10. The Morgan fingerprint density at radius 2 is 2.03 bits per heavy atom. The zero-order chi connectivity index (χ0) is 21.0. The number of hydrogen-bond donors (Lipinski definition) is 1. The highest BCUT2D eigenvalue weighted by molar-refractivity contribution is 5.90. The molecule has 0 aliphatic heterocycles. The van der Waals surface area contributed by atoms with Crippen molar-refractivity contribution in [1.82, 2.24) is 4.90 Å². The zero-order valence-electron chi connectivity index (χ0n) is 15.5. The smallest absolute Gasteiger partial charge is 0.387 e. The summed E-state index contributed by atoms with van der Waals surface area (Å²) in [5, 5.41) is 13.6. The number of alkyl halides is 2. The summed E-state index contributed by atoms with van der Waals surface area (Å²) in [5.41, 5.74) is 0.859. The Morgan fingerprint density at radius 3 is 2.66 bits per heavy atom. The fourth-order valence-corrected chi connectivity index (χ4v) is 2.85. The quantitative estimate of drug-likeness (QED) is 0.517. The molecule has 1 N–H and O–H groups in total. The summed E-state index contributed by atoms with van der Waals surface area (Å²) >= 11 is 0. The van der Waals surface area contributed by atoms with Crippen LogP contribution in [-0.2, 0) is 6.54 Å². The number of methoxy groups -OCH3 is 1. The van der Waals surface area contributed by atoms with Gasteiger partial charge < -0.3 is 19.7 Å². The van der Waals surface area contributed by atoms with Crippen LogP contribution in [0.4, 0.5) is 25.0 Å². The van der Waals surface area contributed by atoms with Gasteiger partial charge in [0.2, 0.25) is 0 Å². The third-order valence-corrected chi connectivity index (χ3v) is 4.35. The van der Waals surface area contributed by atoms with Crippen molar-refractivity contribution in [2.45, 2.75) is 32.0 Å². The standard InChI is InChI=1S/C19H19F2N3O5/c1-28-17-9-12(5-8-16(17)29-18(20)21)11-23(14-6-7-14)19(25)22-13-3-2-4-15(10-13)24(26)27/h2-5,8-10,14,18H,6-7,11H2,1H3,(H,22,25). The van der Waals surface area contributed by atoms with E-state index >= 15 is 0 Å². The fourth-order valence-electron chi connectivity index (χ4n) is 2.85. The van der Waals surface area contributed by atoms with Crippen molar-refractivity contribution >= 4 is 17.4 Å². The number of nitro groups is 1. The van der Waals surface area contributed by atoms with E-state index in [2.05, 4.69) is 10.1 Å². The number of anilines is 1. The summed E-state index contributed by atoms with van der Waals surface area (Å²) in [4.78, 5) is 24.7. The van der Waals surface area contributed by atoms with Gasteiger partial charge in [0.05, 0.1) is 12.0 Å². The number of nitro benzene ring substituents is 1. The van der Waals surface area contributed by atoms with Crippen molar-refractivity contribution in [3.8, 4) is 11.5 Å². The van der Waals surface area contributed by atoms with Crippen LogP contribution in [0.25, 0.3) is 0 Å². The highest BCUT2D eigenvalue weighted by atomic mass is 19.3. The second-order valence-corrected chi connectivity index (χ2v) is 6.46. The minimum Gasteiger partial charge on any atom is -0.493 e. The SMILES string of the molecule is COc1cc(CN(C(=O)Nc2cccc([N+](=O)[O-])c2)C2CC2)ccc1OC(F)F. The lowest BCUT2D eigenvalue weighted by molar-refractivity contribution is -0.384. The highest BCUT2D eigenvalue weighted by Gasteiger charge is 2.33. The van der Waals surface area contributed by atoms with Gasteiger partial charge in [0.1, 0.15) is 0 Å². The largest absolute Gasteiger partial charge is 0.493 e. The Balaban J connectivity index is 1.74. The number of halogens is 2. The van der Waals surface area contributed by atoms with Crippen molar-refractivity contribution in [3.63, 3.8) is 0 Å². The van der Waals surface area contributed by atoms with Gasteiger partial charge in [-0.25, -0.2) is 4.79 Å². The molecule has 1 saturated carbocycles. The van der Waals surface area contributed by atoms with E-state index in [1.165, 1.54) is 37.4 Å². The van der Waals surface area contributed by atoms with E-state index < -0.39 is 17.6 Å². The van der Waals surface area contributed by atoms with E-state index in [1.807, 2.05) is 0 Å². The van der Waals surface area contributed by atoms with Gasteiger partial charge in [0, 0.05) is 30.4 Å². The van der Waals surface area contributed by atoms with Crippen LogP contribution >= 0.6 is 0 Å². The number of nitrogens with zero attached hydrogens (tertiary/aromatic N) is 2. The van der Waals surface area contributed by atoms with Gasteiger partial charge in [-0.05, 0) is 36.6 Å². The van der Waals surface area contributed by atoms with Crippen LogP contribution in [0.1, 0.15) is 18.4 Å². The number of nitrogens with one attached hydrogen (secondary N) is 1. The Morgan fingerprint density at radius 1 is 1.28 bits per heavy atom. The van der Waals surface area contributed by atoms with E-state index in [0.29, 0.717) is 11.3 Å². The highest BCUT2D eigenvalue weighted by Crippen LogP contribution is 2.33. The number of benzene rings is 2. The van der Waals surface area contributed by atoms with Crippen LogP contribution < -0.4 is 14.8 Å². The summed E-state index contributed by atoms with van der Waals surface area (Å²) in [7, 11) is 1.34. The molecule has 0 heterocycles. The Bertz CT molecular complexity index is 905. The van der Waals surface area contributed by atoms with Crippen molar-refractivity contribution in [3.05, 3.63) is 58.1 Å². The molecule has 29 heavy (non-hydrogen) atoms. The third-order valence-electron chi connectivity index (χ3n) is 4.35. The molecule has 1 fully saturated rings. The predicted octanol–water partition coefficient (Wildman–Crippen LogP) is 4.40. The third kappa shape index (κ3) is 5.31. The Labute approximate surface area is 165 Å². The number of ether oxygens (including phenoxy) is 2. The average Bonchev–Trinajstić information content (AvgIpc) is 3.51. The predicted molar refractivity (Wildman–Crippen MR) is 100 cm³/mol. The summed E-state index contributed by atoms with van der Waals surface area (Å²) in [6.07, 6.45) is 1.68. The maximum Gasteiger partial charge on any atom is 0.387 e. The number of amides is 2. The van der Waals surface area contributed by atoms with Gasteiger partial charge in [-0.3, -0.25) is 10.1 Å². The van der Waals surface area contributed by atoms with Crippen LogP contribution in [0.2, 0.25) is 0 Å². The molecule has 154 valence electrons. The summed E-state index contributed by atoms with van der Waals surface area (Å²) < 4.78 is 34.4. The maximum atomic E-state index is 12.7. The number of rotatable bonds is 8. The number of non-ortho nitro benzene ring substituents is 1. The van der Waals surface area contributed by atoms with Crippen LogP contribution in [0.5, 0.6) is 11.5 Å². The summed E-state index contributed by atoms with van der Waals surface area (Å²) in [6, 6.07) is 9.79. The molecule has 3 rings (SSSR count). The Hall–Kier alpha value is -3.43. The molecule has 0 radical (unpaired) electrons. The molecule has 0 atom stereocenters. The molecule has 1 aliphatic carbocycles. The molecule has 0 aromatic heterocycles. The minimum absolute atomic E-state index is 0.0386. The van der Waals surface area contributed by atoms with E-state index in [4.69, 9.17) is 4.74 Å². The summed E-state index contributed by atoms with van der Waals surface area (Å²) in [6.45, 7) is -2.75. The molecule has 0 spiro atoms. The van der Waals surface area contributed by atoms with Crippen LogP contribution in [0.3, 0.4) is 0 Å². The number of carbonyl (C=O) groups is 1. The molecule has 0 saturated heterocycles. The van der Waals surface area contributed by atoms with Gasteiger partial charge in [0.15, 0.2) is 11.5 Å². The maximum absolute atomic E-state index is 12.7. The fraction of sp³-hybridized carbons (Fsp3) is 0.316. The molecule has 2 aromatic rings. The lowest BCUT2D eigenvalue weighted by Crippen LogP contribution is -2.36. The van der Waals surface area contributed by atoms with E-state index in [1.54, 1.807) is 17.0 Å². The molecule has 0 bridgehead atoms. The lowest BCUT2D eigenvalue weighted by atomic mass is 10.2. The number of hydrogen-bond acceptors (Lipinski definition) is 5.